The molecule has 1 aromatic carbocycles. The van der Waals surface area contributed by atoms with Crippen molar-refractivity contribution in [2.45, 2.75) is 19.0 Å². The lowest BCUT2D eigenvalue weighted by molar-refractivity contribution is -0.138. The van der Waals surface area contributed by atoms with Crippen molar-refractivity contribution in [3.05, 3.63) is 35.6 Å². The molecule has 0 aliphatic heterocycles. The van der Waals surface area contributed by atoms with Crippen molar-refractivity contribution in [3.63, 3.8) is 0 Å². The summed E-state index contributed by atoms with van der Waals surface area (Å²) in [5.41, 5.74) is 5.83. The molecule has 0 aliphatic carbocycles. The molecule has 2 atom stereocenters. The second-order valence-corrected chi connectivity index (χ2v) is 3.60. The Morgan fingerprint density at radius 2 is 2.19 bits per heavy atom. The molecular weight excluding hydrogens is 211 g/mol. The highest BCUT2D eigenvalue weighted by Crippen LogP contribution is 2.15. The van der Waals surface area contributed by atoms with E-state index in [9.17, 15) is 9.18 Å². The Morgan fingerprint density at radius 3 is 2.75 bits per heavy atom. The molecule has 0 saturated heterocycles. The number of hydrogen-bond acceptors (Lipinski definition) is 3. The topological polar surface area (TPSA) is 75.3 Å². The van der Waals surface area contributed by atoms with E-state index in [0.717, 1.165) is 0 Å². The summed E-state index contributed by atoms with van der Waals surface area (Å²) in [7, 11) is 0. The highest BCUT2D eigenvalue weighted by atomic mass is 19.1. The van der Waals surface area contributed by atoms with E-state index in [1.54, 1.807) is 25.1 Å². The van der Waals surface area contributed by atoms with Gasteiger partial charge in [0, 0.05) is 18.2 Å². The van der Waals surface area contributed by atoms with Crippen molar-refractivity contribution in [2.75, 3.05) is 6.54 Å². The first-order valence-electron chi connectivity index (χ1n) is 4.98. The smallest absolute Gasteiger partial charge is 0.321 e. The predicted octanol–water partition coefficient (Wildman–Crippen LogP) is 0.888. The number of carboxylic acid groups (broad SMARTS) is 1. The number of hydrogen-bond donors (Lipinski definition) is 3. The van der Waals surface area contributed by atoms with Crippen molar-refractivity contribution < 1.29 is 14.3 Å². The Labute approximate surface area is 93.3 Å². The van der Waals surface area contributed by atoms with E-state index in [1.807, 2.05) is 0 Å². The second-order valence-electron chi connectivity index (χ2n) is 3.60. The van der Waals surface area contributed by atoms with Crippen LogP contribution in [-0.4, -0.2) is 23.7 Å². The van der Waals surface area contributed by atoms with Crippen LogP contribution in [-0.2, 0) is 4.79 Å². The van der Waals surface area contributed by atoms with Gasteiger partial charge in [0.15, 0.2) is 0 Å². The van der Waals surface area contributed by atoms with Gasteiger partial charge in [-0.2, -0.15) is 0 Å². The summed E-state index contributed by atoms with van der Waals surface area (Å²) < 4.78 is 13.3. The van der Waals surface area contributed by atoms with Gasteiger partial charge in [-0.1, -0.05) is 18.2 Å². The SMILES string of the molecule is C[C@@H](NCC(N)C(=O)O)c1ccccc1F. The predicted molar refractivity (Wildman–Crippen MR) is 58.4 cm³/mol. The first-order valence-corrected chi connectivity index (χ1v) is 4.98. The number of nitrogens with one attached hydrogen (secondary N) is 1. The van der Waals surface area contributed by atoms with Crippen LogP contribution in [0.15, 0.2) is 24.3 Å². The van der Waals surface area contributed by atoms with Crippen LogP contribution in [0.4, 0.5) is 4.39 Å². The largest absolute Gasteiger partial charge is 0.480 e. The van der Waals surface area contributed by atoms with Crippen LogP contribution in [0.3, 0.4) is 0 Å². The molecule has 0 heterocycles. The summed E-state index contributed by atoms with van der Waals surface area (Å²) in [4.78, 5) is 10.5. The zero-order valence-corrected chi connectivity index (χ0v) is 8.98. The summed E-state index contributed by atoms with van der Waals surface area (Å²) in [5, 5.41) is 11.5. The van der Waals surface area contributed by atoms with Crippen LogP contribution in [0.2, 0.25) is 0 Å². The zero-order valence-electron chi connectivity index (χ0n) is 8.98. The molecule has 88 valence electrons. The molecule has 1 aromatic rings. The molecule has 0 saturated carbocycles. The molecule has 0 radical (unpaired) electrons. The number of rotatable bonds is 5. The number of halogens is 1. The van der Waals surface area contributed by atoms with Gasteiger partial charge in [-0.25, -0.2) is 4.39 Å². The third kappa shape index (κ3) is 3.29. The highest BCUT2D eigenvalue weighted by Gasteiger charge is 2.14. The molecule has 4 nitrogen and oxygen atoms in total. The molecule has 0 spiro atoms. The third-order valence-electron chi connectivity index (χ3n) is 2.33. The number of aliphatic carboxylic acids is 1. The fraction of sp³-hybridized carbons (Fsp3) is 0.364. The molecule has 0 fully saturated rings. The minimum Gasteiger partial charge on any atom is -0.480 e. The molecular formula is C11H15FN2O2. The molecule has 0 aliphatic rings. The van der Waals surface area contributed by atoms with Gasteiger partial charge >= 0.3 is 5.97 Å². The minimum absolute atomic E-state index is 0.102. The van der Waals surface area contributed by atoms with Crippen molar-refractivity contribution in [3.8, 4) is 0 Å². The fourth-order valence-corrected chi connectivity index (χ4v) is 1.33. The Kier molecular flexibility index (Phi) is 4.39. The number of carboxylic acids is 1. The number of nitrogens with two attached hydrogens (primary N) is 1. The maximum atomic E-state index is 13.3. The van der Waals surface area contributed by atoms with Crippen molar-refractivity contribution >= 4 is 5.97 Å². The van der Waals surface area contributed by atoms with Gasteiger partial charge in [0.05, 0.1) is 0 Å². The zero-order chi connectivity index (χ0) is 12.1. The molecule has 1 unspecified atom stereocenters. The summed E-state index contributed by atoms with van der Waals surface area (Å²) in [5.74, 6) is -1.39. The van der Waals surface area contributed by atoms with Crippen LogP contribution in [0.25, 0.3) is 0 Å². The first-order chi connectivity index (χ1) is 7.52. The average molecular weight is 226 g/mol. The van der Waals surface area contributed by atoms with Crippen molar-refractivity contribution in [2.24, 2.45) is 5.73 Å². The molecule has 1 rings (SSSR count). The Morgan fingerprint density at radius 1 is 1.56 bits per heavy atom. The maximum absolute atomic E-state index is 13.3. The summed E-state index contributed by atoms with van der Waals surface area (Å²) in [6.07, 6.45) is 0. The molecule has 0 amide bonds. The van der Waals surface area contributed by atoms with Gasteiger partial charge in [-0.15, -0.1) is 0 Å². The fourth-order valence-electron chi connectivity index (χ4n) is 1.33. The Bertz CT molecular complexity index is 371. The molecule has 5 heteroatoms. The third-order valence-corrected chi connectivity index (χ3v) is 2.33. The monoisotopic (exact) mass is 226 g/mol. The van der Waals surface area contributed by atoms with Gasteiger partial charge in [-0.3, -0.25) is 4.79 Å². The Balaban J connectivity index is 2.56. The van der Waals surface area contributed by atoms with Crippen LogP contribution >= 0.6 is 0 Å². The van der Waals surface area contributed by atoms with Crippen LogP contribution < -0.4 is 11.1 Å². The number of benzene rings is 1. The summed E-state index contributed by atoms with van der Waals surface area (Å²) in [6, 6.07) is 5.10. The molecule has 0 aromatic heterocycles. The second kappa shape index (κ2) is 5.58. The quantitative estimate of drug-likeness (QED) is 0.697. The van der Waals surface area contributed by atoms with E-state index in [-0.39, 0.29) is 18.4 Å². The van der Waals surface area contributed by atoms with E-state index in [0.29, 0.717) is 5.56 Å². The van der Waals surface area contributed by atoms with E-state index >= 15 is 0 Å². The highest BCUT2D eigenvalue weighted by molar-refractivity contribution is 5.73. The lowest BCUT2D eigenvalue weighted by Crippen LogP contribution is -2.41. The van der Waals surface area contributed by atoms with Gasteiger partial charge < -0.3 is 16.2 Å². The summed E-state index contributed by atoms with van der Waals surface area (Å²) in [6.45, 7) is 1.86. The van der Waals surface area contributed by atoms with Crippen LogP contribution in [0.1, 0.15) is 18.5 Å². The van der Waals surface area contributed by atoms with E-state index < -0.39 is 12.0 Å². The van der Waals surface area contributed by atoms with Gasteiger partial charge in [-0.05, 0) is 13.0 Å². The molecule has 16 heavy (non-hydrogen) atoms. The molecule has 0 bridgehead atoms. The first kappa shape index (κ1) is 12.6. The van der Waals surface area contributed by atoms with E-state index in [2.05, 4.69) is 5.32 Å². The van der Waals surface area contributed by atoms with Crippen molar-refractivity contribution in [1.82, 2.24) is 5.32 Å². The Hall–Kier alpha value is -1.46. The van der Waals surface area contributed by atoms with Gasteiger partial charge in [0.2, 0.25) is 0 Å². The lowest BCUT2D eigenvalue weighted by Gasteiger charge is -2.16. The average Bonchev–Trinajstić information content (AvgIpc) is 2.25. The standard InChI is InChI=1S/C11H15FN2O2/c1-7(14-6-10(13)11(15)16)8-4-2-3-5-9(8)12/h2-5,7,10,14H,6,13H2,1H3,(H,15,16)/t7-,10?/m1/s1. The van der Waals surface area contributed by atoms with Crippen LogP contribution in [0.5, 0.6) is 0 Å². The van der Waals surface area contributed by atoms with E-state index in [1.165, 1.54) is 6.07 Å². The molecule has 4 N–H and O–H groups in total. The van der Waals surface area contributed by atoms with Gasteiger partial charge in [0.25, 0.3) is 0 Å². The summed E-state index contributed by atoms with van der Waals surface area (Å²) >= 11 is 0. The van der Waals surface area contributed by atoms with Crippen molar-refractivity contribution in [1.29, 1.82) is 0 Å². The van der Waals surface area contributed by atoms with Gasteiger partial charge in [0.1, 0.15) is 11.9 Å². The lowest BCUT2D eigenvalue weighted by atomic mass is 10.1. The normalized spacial score (nSPS) is 14.4. The minimum atomic E-state index is -1.08. The van der Waals surface area contributed by atoms with Crippen LogP contribution in [0, 0.1) is 5.82 Å². The number of carbonyl (C=O) groups is 1. The maximum Gasteiger partial charge on any atom is 0.321 e. The van der Waals surface area contributed by atoms with E-state index in [4.69, 9.17) is 10.8 Å².